The Kier molecular flexibility index (Phi) is 8.98. The second kappa shape index (κ2) is 12.1. The summed E-state index contributed by atoms with van der Waals surface area (Å²) in [7, 11) is -1.46. The summed E-state index contributed by atoms with van der Waals surface area (Å²) in [4.78, 5) is 55.7. The van der Waals surface area contributed by atoms with E-state index in [0.29, 0.717) is 18.6 Å². The number of hydrogen-bond donors (Lipinski definition) is 2. The third-order valence-corrected chi connectivity index (χ3v) is 8.88. The first-order valence-corrected chi connectivity index (χ1v) is 17.7. The third-order valence-electron chi connectivity index (χ3n) is 7.18. The summed E-state index contributed by atoms with van der Waals surface area (Å²) in [6.45, 7) is 11.5. The van der Waals surface area contributed by atoms with Crippen molar-refractivity contribution in [2.75, 3.05) is 11.9 Å². The Bertz CT molecular complexity index is 1630. The standard InChI is InChI=1S/C30H36F2N4O7Si/c1-29(2,3)43-28(41)34-25-22(32)15-24-23(33-25)14-19(35(24)17-42-11-12-44(4,5)6)16-36-26(38)20-13-18(31)7-8-21(20)30(36,9-10-37)27(39)40/h7-8,10,13-15H,9,11-12,16-17H2,1-6H3,(H,39,40)(H,33,34,41)/t30-/m0/s1. The van der Waals surface area contributed by atoms with Crippen molar-refractivity contribution in [2.24, 2.45) is 0 Å². The first kappa shape index (κ1) is 32.7. The lowest BCUT2D eigenvalue weighted by molar-refractivity contribution is -0.152. The normalized spacial score (nSPS) is 16.7. The molecule has 14 heteroatoms. The number of anilines is 1. The second-order valence-corrected chi connectivity index (χ2v) is 18.5. The maximum atomic E-state index is 15.3. The van der Waals surface area contributed by atoms with Gasteiger partial charge in [-0.15, -0.1) is 0 Å². The molecule has 1 atom stereocenters. The van der Waals surface area contributed by atoms with E-state index in [1.807, 2.05) is 0 Å². The Morgan fingerprint density at radius 3 is 2.48 bits per heavy atom. The Morgan fingerprint density at radius 2 is 1.86 bits per heavy atom. The van der Waals surface area contributed by atoms with Crippen LogP contribution in [0.5, 0.6) is 0 Å². The molecule has 0 saturated heterocycles. The van der Waals surface area contributed by atoms with E-state index in [0.717, 1.165) is 29.1 Å². The molecule has 2 aromatic heterocycles. The number of rotatable bonds is 11. The number of carbonyl (C=O) groups is 4. The number of aromatic nitrogens is 2. The summed E-state index contributed by atoms with van der Waals surface area (Å²) in [6, 6.07) is 6.67. The van der Waals surface area contributed by atoms with Gasteiger partial charge in [-0.2, -0.15) is 0 Å². The molecule has 0 radical (unpaired) electrons. The van der Waals surface area contributed by atoms with Crippen LogP contribution in [-0.4, -0.2) is 64.1 Å². The fraction of sp³-hybridized carbons (Fsp3) is 0.433. The number of benzene rings is 1. The van der Waals surface area contributed by atoms with E-state index in [1.54, 1.807) is 25.3 Å². The number of carbonyl (C=O) groups excluding carboxylic acids is 3. The number of aliphatic carboxylic acids is 1. The van der Waals surface area contributed by atoms with Gasteiger partial charge in [-0.3, -0.25) is 10.1 Å². The molecule has 236 valence electrons. The predicted octanol–water partition coefficient (Wildman–Crippen LogP) is 5.50. The monoisotopic (exact) mass is 630 g/mol. The van der Waals surface area contributed by atoms with Gasteiger partial charge in [-0.1, -0.05) is 25.7 Å². The lowest BCUT2D eigenvalue weighted by Crippen LogP contribution is -2.50. The molecule has 0 aliphatic carbocycles. The van der Waals surface area contributed by atoms with Crippen LogP contribution >= 0.6 is 0 Å². The maximum absolute atomic E-state index is 15.3. The molecule has 0 fully saturated rings. The number of pyridine rings is 1. The van der Waals surface area contributed by atoms with Gasteiger partial charge in [-0.05, 0) is 45.0 Å². The summed E-state index contributed by atoms with van der Waals surface area (Å²) in [6.07, 6.45) is -1.10. The van der Waals surface area contributed by atoms with Crippen molar-refractivity contribution in [3.05, 3.63) is 58.8 Å². The Balaban J connectivity index is 1.79. The predicted molar refractivity (Wildman–Crippen MR) is 160 cm³/mol. The van der Waals surface area contributed by atoms with Gasteiger partial charge >= 0.3 is 12.1 Å². The van der Waals surface area contributed by atoms with Crippen molar-refractivity contribution in [2.45, 2.75) is 77.3 Å². The second-order valence-electron chi connectivity index (χ2n) is 12.9. The largest absolute Gasteiger partial charge is 0.479 e. The molecule has 3 aromatic rings. The van der Waals surface area contributed by atoms with E-state index in [1.165, 1.54) is 12.1 Å². The summed E-state index contributed by atoms with van der Waals surface area (Å²) < 4.78 is 42.1. The van der Waals surface area contributed by atoms with Gasteiger partial charge in [0, 0.05) is 44.0 Å². The van der Waals surface area contributed by atoms with E-state index < -0.39 is 61.1 Å². The van der Waals surface area contributed by atoms with Crippen LogP contribution in [0.3, 0.4) is 0 Å². The lowest BCUT2D eigenvalue weighted by atomic mass is 9.86. The highest BCUT2D eigenvalue weighted by Crippen LogP contribution is 2.43. The van der Waals surface area contributed by atoms with Crippen LogP contribution in [0, 0.1) is 11.6 Å². The van der Waals surface area contributed by atoms with Crippen molar-refractivity contribution < 1.29 is 42.5 Å². The number of amides is 2. The number of carboxylic acids is 1. The molecule has 3 heterocycles. The lowest BCUT2D eigenvalue weighted by Gasteiger charge is -2.34. The highest BCUT2D eigenvalue weighted by Gasteiger charge is 2.55. The minimum Gasteiger partial charge on any atom is -0.479 e. The van der Waals surface area contributed by atoms with Crippen LogP contribution in [0.4, 0.5) is 19.4 Å². The number of ether oxygens (including phenoxy) is 2. The first-order chi connectivity index (χ1) is 20.5. The van der Waals surface area contributed by atoms with E-state index in [4.69, 9.17) is 9.47 Å². The van der Waals surface area contributed by atoms with Crippen molar-refractivity contribution in [1.82, 2.24) is 14.5 Å². The molecule has 1 aromatic carbocycles. The Morgan fingerprint density at radius 1 is 1.16 bits per heavy atom. The zero-order chi connectivity index (χ0) is 32.6. The number of aldehydes is 1. The van der Waals surface area contributed by atoms with E-state index in [-0.39, 0.29) is 35.4 Å². The maximum Gasteiger partial charge on any atom is 0.413 e. The van der Waals surface area contributed by atoms with Crippen LogP contribution in [-0.2, 0) is 37.9 Å². The molecule has 0 unspecified atom stereocenters. The van der Waals surface area contributed by atoms with Gasteiger partial charge in [0.25, 0.3) is 5.91 Å². The van der Waals surface area contributed by atoms with Gasteiger partial charge in [-0.25, -0.2) is 23.4 Å². The quantitative estimate of drug-likeness (QED) is 0.161. The zero-order valence-electron chi connectivity index (χ0n) is 25.5. The van der Waals surface area contributed by atoms with Crippen molar-refractivity contribution in [3.8, 4) is 0 Å². The number of carboxylic acid groups (broad SMARTS) is 1. The van der Waals surface area contributed by atoms with Crippen molar-refractivity contribution >= 4 is 49.2 Å². The summed E-state index contributed by atoms with van der Waals surface area (Å²) in [5.41, 5.74) is -2.34. The van der Waals surface area contributed by atoms with Gasteiger partial charge in [0.2, 0.25) is 0 Å². The fourth-order valence-corrected chi connectivity index (χ4v) is 5.81. The van der Waals surface area contributed by atoms with Crippen LogP contribution in [0.1, 0.15) is 48.8 Å². The summed E-state index contributed by atoms with van der Waals surface area (Å²) in [5.74, 6) is -4.25. The number of hydrogen-bond acceptors (Lipinski definition) is 7. The van der Waals surface area contributed by atoms with Crippen molar-refractivity contribution in [3.63, 3.8) is 0 Å². The van der Waals surface area contributed by atoms with Gasteiger partial charge < -0.3 is 28.8 Å². The average molecular weight is 631 g/mol. The van der Waals surface area contributed by atoms with Crippen LogP contribution < -0.4 is 5.32 Å². The molecule has 4 rings (SSSR count). The van der Waals surface area contributed by atoms with E-state index >= 15 is 4.39 Å². The molecule has 11 nitrogen and oxygen atoms in total. The molecular formula is C30H36F2N4O7Si. The van der Waals surface area contributed by atoms with Gasteiger partial charge in [0.05, 0.1) is 17.6 Å². The number of fused-ring (bicyclic) bond motifs is 2. The zero-order valence-corrected chi connectivity index (χ0v) is 26.5. The van der Waals surface area contributed by atoms with Gasteiger partial charge in [0.15, 0.2) is 17.2 Å². The Hall–Kier alpha value is -4.17. The molecule has 44 heavy (non-hydrogen) atoms. The highest BCUT2D eigenvalue weighted by atomic mass is 28.3. The molecule has 2 N–H and O–H groups in total. The molecule has 1 aliphatic rings. The summed E-state index contributed by atoms with van der Waals surface area (Å²) in [5, 5.41) is 12.7. The minimum absolute atomic E-state index is 0.00874. The molecule has 0 bridgehead atoms. The van der Waals surface area contributed by atoms with Crippen LogP contribution in [0.2, 0.25) is 25.7 Å². The smallest absolute Gasteiger partial charge is 0.413 e. The molecule has 0 saturated carbocycles. The molecular weight excluding hydrogens is 594 g/mol. The molecule has 1 aliphatic heterocycles. The third kappa shape index (κ3) is 6.65. The Labute approximate surface area is 254 Å². The van der Waals surface area contributed by atoms with Crippen LogP contribution in [0.15, 0.2) is 30.3 Å². The van der Waals surface area contributed by atoms with Crippen LogP contribution in [0.25, 0.3) is 11.0 Å². The minimum atomic E-state index is -2.11. The van der Waals surface area contributed by atoms with Gasteiger partial charge in [0.1, 0.15) is 24.4 Å². The molecule has 2 amide bonds. The SMILES string of the molecule is CC(C)(C)OC(=O)Nc1nc2cc(CN3C(=O)c4cc(F)ccc4[C@@]3(CC=O)C(=O)O)n(COCC[Si](C)(C)C)c2cc1F. The fourth-order valence-electron chi connectivity index (χ4n) is 5.06. The van der Waals surface area contributed by atoms with E-state index in [2.05, 4.69) is 29.9 Å². The number of nitrogens with zero attached hydrogens (tertiary/aromatic N) is 3. The first-order valence-electron chi connectivity index (χ1n) is 14.0. The number of nitrogens with one attached hydrogen (secondary N) is 1. The van der Waals surface area contributed by atoms with Crippen molar-refractivity contribution in [1.29, 1.82) is 0 Å². The highest BCUT2D eigenvalue weighted by molar-refractivity contribution is 6.76. The van der Waals surface area contributed by atoms with E-state index in [9.17, 15) is 28.7 Å². The number of halogens is 2. The average Bonchev–Trinajstić information content (AvgIpc) is 3.33. The molecule has 0 spiro atoms. The summed E-state index contributed by atoms with van der Waals surface area (Å²) >= 11 is 0. The topological polar surface area (TPSA) is 140 Å².